The Morgan fingerprint density at radius 1 is 0.943 bits per heavy atom. The van der Waals surface area contributed by atoms with Crippen molar-refractivity contribution in [3.8, 4) is 11.1 Å². The molecule has 2 aromatic rings. The first-order chi connectivity index (χ1) is 16.9. The smallest absolute Gasteiger partial charge is 0.407 e. The maximum Gasteiger partial charge on any atom is 0.407 e. The van der Waals surface area contributed by atoms with E-state index in [0.29, 0.717) is 19.4 Å². The number of carbonyl (C=O) groups excluding carboxylic acids is 3. The molecule has 0 unspecified atom stereocenters. The van der Waals surface area contributed by atoms with Gasteiger partial charge in [0.25, 0.3) is 0 Å². The van der Waals surface area contributed by atoms with E-state index in [4.69, 9.17) is 4.74 Å². The molecule has 9 heteroatoms. The number of hydrogen-bond donors (Lipinski definition) is 3. The number of esters is 1. The highest BCUT2D eigenvalue weighted by molar-refractivity contribution is 5.84. The molecule has 0 saturated carbocycles. The number of hydrogen-bond acceptors (Lipinski definition) is 6. The van der Waals surface area contributed by atoms with Crippen molar-refractivity contribution in [2.45, 2.75) is 44.1 Å². The lowest BCUT2D eigenvalue weighted by Crippen LogP contribution is -2.41. The van der Waals surface area contributed by atoms with E-state index in [1.807, 2.05) is 24.3 Å². The normalized spacial score (nSPS) is 12.7. The van der Waals surface area contributed by atoms with Crippen molar-refractivity contribution in [2.24, 2.45) is 0 Å². The number of aliphatic carboxylic acids is 1. The van der Waals surface area contributed by atoms with Crippen LogP contribution in [0.2, 0.25) is 0 Å². The third kappa shape index (κ3) is 7.05. The fraction of sp³-hybridized carbons (Fsp3) is 0.385. The Morgan fingerprint density at radius 2 is 1.57 bits per heavy atom. The predicted octanol–water partition coefficient (Wildman–Crippen LogP) is 3.22. The Balaban J connectivity index is 1.35. The van der Waals surface area contributed by atoms with E-state index in [1.54, 1.807) is 0 Å². The van der Waals surface area contributed by atoms with Gasteiger partial charge in [-0.05, 0) is 41.5 Å². The van der Waals surface area contributed by atoms with Crippen LogP contribution >= 0.6 is 0 Å². The minimum Gasteiger partial charge on any atom is -0.480 e. The van der Waals surface area contributed by atoms with Gasteiger partial charge < -0.3 is 25.2 Å². The maximum atomic E-state index is 12.2. The minimum absolute atomic E-state index is 0.0155. The first kappa shape index (κ1) is 25.7. The number of nitrogens with one attached hydrogen (secondary N) is 2. The lowest BCUT2D eigenvalue weighted by Gasteiger charge is -2.15. The summed E-state index contributed by atoms with van der Waals surface area (Å²) in [7, 11) is 1.22. The van der Waals surface area contributed by atoms with Crippen LogP contribution in [0, 0.1) is 0 Å². The highest BCUT2D eigenvalue weighted by Gasteiger charge is 2.29. The molecule has 0 bridgehead atoms. The number of carbonyl (C=O) groups is 4. The highest BCUT2D eigenvalue weighted by Crippen LogP contribution is 2.44. The number of unbranched alkanes of at least 4 members (excludes halogenated alkanes) is 1. The van der Waals surface area contributed by atoms with Crippen LogP contribution in [-0.4, -0.2) is 55.3 Å². The van der Waals surface area contributed by atoms with E-state index in [-0.39, 0.29) is 31.8 Å². The number of carboxylic acid groups (broad SMARTS) is 1. The fourth-order valence-electron chi connectivity index (χ4n) is 4.14. The summed E-state index contributed by atoms with van der Waals surface area (Å²) in [6.07, 6.45) is 0.421. The molecule has 0 saturated heterocycles. The second-order valence-corrected chi connectivity index (χ2v) is 8.28. The van der Waals surface area contributed by atoms with Crippen LogP contribution in [0.5, 0.6) is 0 Å². The maximum absolute atomic E-state index is 12.2. The molecular formula is C26H30N2O7. The third-order valence-electron chi connectivity index (χ3n) is 5.94. The minimum atomic E-state index is -1.21. The van der Waals surface area contributed by atoms with Crippen molar-refractivity contribution >= 4 is 23.9 Å². The average Bonchev–Trinajstić information content (AvgIpc) is 3.18. The van der Waals surface area contributed by atoms with Crippen LogP contribution in [0.25, 0.3) is 11.1 Å². The summed E-state index contributed by atoms with van der Waals surface area (Å²) in [5, 5.41) is 14.3. The van der Waals surface area contributed by atoms with Crippen LogP contribution in [0.4, 0.5) is 4.79 Å². The Labute approximate surface area is 203 Å². The van der Waals surface area contributed by atoms with Crippen LogP contribution in [0.1, 0.15) is 49.1 Å². The molecule has 3 N–H and O–H groups in total. The van der Waals surface area contributed by atoms with Gasteiger partial charge in [-0.3, -0.25) is 9.59 Å². The number of carboxylic acids is 1. The number of amides is 2. The van der Waals surface area contributed by atoms with Gasteiger partial charge in [0.1, 0.15) is 12.6 Å². The van der Waals surface area contributed by atoms with Gasteiger partial charge in [0.15, 0.2) is 0 Å². The Hall–Kier alpha value is -3.88. The van der Waals surface area contributed by atoms with Gasteiger partial charge in [0, 0.05) is 25.3 Å². The number of alkyl carbamates (subject to hydrolysis) is 1. The van der Waals surface area contributed by atoms with E-state index >= 15 is 0 Å². The van der Waals surface area contributed by atoms with E-state index in [1.165, 1.54) is 7.11 Å². The molecular weight excluding hydrogens is 452 g/mol. The summed E-state index contributed by atoms with van der Waals surface area (Å²) in [6.45, 7) is 0.555. The summed E-state index contributed by atoms with van der Waals surface area (Å²) < 4.78 is 9.95. The molecule has 186 valence electrons. The monoisotopic (exact) mass is 482 g/mol. The van der Waals surface area contributed by atoms with Crippen molar-refractivity contribution in [1.82, 2.24) is 10.6 Å². The first-order valence-corrected chi connectivity index (χ1v) is 11.6. The summed E-state index contributed by atoms with van der Waals surface area (Å²) in [5.41, 5.74) is 4.59. The highest BCUT2D eigenvalue weighted by atomic mass is 16.5. The predicted molar refractivity (Wildman–Crippen MR) is 128 cm³/mol. The number of ether oxygens (including phenoxy) is 2. The van der Waals surface area contributed by atoms with Gasteiger partial charge in [0.05, 0.1) is 7.11 Å². The topological polar surface area (TPSA) is 131 Å². The summed E-state index contributed by atoms with van der Waals surface area (Å²) >= 11 is 0. The van der Waals surface area contributed by atoms with E-state index in [0.717, 1.165) is 22.3 Å². The van der Waals surface area contributed by atoms with Crippen LogP contribution < -0.4 is 10.6 Å². The second-order valence-electron chi connectivity index (χ2n) is 8.28. The number of rotatable bonds is 12. The molecule has 2 aromatic carbocycles. The number of benzene rings is 2. The Morgan fingerprint density at radius 3 is 2.17 bits per heavy atom. The SMILES string of the molecule is COC(=O)CC[C@H](NC(=O)CCCCNC(=O)OCC1c2ccccc2-c2ccccc21)C(=O)O. The van der Waals surface area contributed by atoms with Crippen molar-refractivity contribution in [3.63, 3.8) is 0 Å². The molecule has 3 rings (SSSR count). The van der Waals surface area contributed by atoms with Gasteiger partial charge in [-0.25, -0.2) is 9.59 Å². The van der Waals surface area contributed by atoms with Gasteiger partial charge in [-0.2, -0.15) is 0 Å². The van der Waals surface area contributed by atoms with Gasteiger partial charge in [0.2, 0.25) is 5.91 Å². The molecule has 0 spiro atoms. The van der Waals surface area contributed by atoms with Crippen molar-refractivity contribution in [1.29, 1.82) is 0 Å². The molecule has 0 fully saturated rings. The van der Waals surface area contributed by atoms with Crippen LogP contribution in [0.15, 0.2) is 48.5 Å². The molecule has 9 nitrogen and oxygen atoms in total. The largest absolute Gasteiger partial charge is 0.480 e. The molecule has 0 radical (unpaired) electrons. The molecule has 0 aromatic heterocycles. The van der Waals surface area contributed by atoms with Crippen LogP contribution in [0.3, 0.4) is 0 Å². The molecule has 35 heavy (non-hydrogen) atoms. The lowest BCUT2D eigenvalue weighted by molar-refractivity contribution is -0.144. The van der Waals surface area contributed by atoms with E-state index in [2.05, 4.69) is 39.6 Å². The summed E-state index contributed by atoms with van der Waals surface area (Å²) in [6, 6.07) is 15.0. The van der Waals surface area contributed by atoms with Crippen molar-refractivity contribution in [2.75, 3.05) is 20.3 Å². The number of methoxy groups -OCH3 is 1. The van der Waals surface area contributed by atoms with Gasteiger partial charge in [-0.15, -0.1) is 0 Å². The van der Waals surface area contributed by atoms with E-state index in [9.17, 15) is 24.3 Å². The van der Waals surface area contributed by atoms with Gasteiger partial charge in [-0.1, -0.05) is 48.5 Å². The molecule has 0 heterocycles. The molecule has 2 amide bonds. The zero-order chi connectivity index (χ0) is 25.2. The third-order valence-corrected chi connectivity index (χ3v) is 5.94. The standard InChI is InChI=1S/C26H30N2O7/c1-34-24(30)14-13-22(25(31)32)28-23(29)12-6-7-15-27-26(33)35-16-21-19-10-4-2-8-17(19)18-9-3-5-11-20(18)21/h2-5,8-11,21-22H,6-7,12-16H2,1H3,(H,27,33)(H,28,29)(H,31,32)/t22-/m0/s1. The Kier molecular flexibility index (Phi) is 9.23. The summed E-state index contributed by atoms with van der Waals surface area (Å²) in [4.78, 5) is 46.6. The van der Waals surface area contributed by atoms with Crippen molar-refractivity contribution in [3.05, 3.63) is 59.7 Å². The lowest BCUT2D eigenvalue weighted by atomic mass is 9.98. The quantitative estimate of drug-likeness (QED) is 0.313. The Bertz CT molecular complexity index is 1020. The molecule has 1 aliphatic carbocycles. The molecule has 0 aliphatic heterocycles. The fourth-order valence-corrected chi connectivity index (χ4v) is 4.14. The second kappa shape index (κ2) is 12.5. The van der Waals surface area contributed by atoms with Crippen LogP contribution in [-0.2, 0) is 23.9 Å². The molecule has 1 atom stereocenters. The first-order valence-electron chi connectivity index (χ1n) is 11.6. The van der Waals surface area contributed by atoms with Gasteiger partial charge >= 0.3 is 18.0 Å². The molecule has 1 aliphatic rings. The average molecular weight is 483 g/mol. The zero-order valence-corrected chi connectivity index (χ0v) is 19.6. The van der Waals surface area contributed by atoms with E-state index < -0.39 is 30.0 Å². The summed E-state index contributed by atoms with van der Waals surface area (Å²) in [5.74, 6) is -2.19. The number of fused-ring (bicyclic) bond motifs is 3. The zero-order valence-electron chi connectivity index (χ0n) is 19.6. The van der Waals surface area contributed by atoms with Crippen molar-refractivity contribution < 1.29 is 33.8 Å².